The Bertz CT molecular complexity index is 672. The molecule has 24 heavy (non-hydrogen) atoms. The zero-order valence-electron chi connectivity index (χ0n) is 13.5. The molecule has 2 unspecified atom stereocenters. The first-order chi connectivity index (χ1) is 11.8. The van der Waals surface area contributed by atoms with Crippen LogP contribution < -0.4 is 15.8 Å². The average Bonchev–Trinajstić information content (AvgIpc) is 3.12. The number of hydrazine groups is 1. The van der Waals surface area contributed by atoms with Gasteiger partial charge in [-0.3, -0.25) is 15.8 Å². The lowest BCUT2D eigenvalue weighted by atomic mass is 9.80. The lowest BCUT2D eigenvalue weighted by molar-refractivity contribution is 0.295. The second-order valence-corrected chi connectivity index (χ2v) is 6.60. The van der Waals surface area contributed by atoms with Gasteiger partial charge < -0.3 is 4.90 Å². The summed E-state index contributed by atoms with van der Waals surface area (Å²) in [4.78, 5) is 10.8. The smallest absolute Gasteiger partial charge is 0.147 e. The van der Waals surface area contributed by atoms with Crippen LogP contribution in [0, 0.1) is 11.7 Å². The van der Waals surface area contributed by atoms with Crippen LogP contribution in [0.2, 0.25) is 0 Å². The van der Waals surface area contributed by atoms with Gasteiger partial charge in [-0.2, -0.15) is 0 Å². The molecule has 5 nitrogen and oxygen atoms in total. The minimum Gasteiger partial charge on any atom is -0.355 e. The number of hydrogen-bond acceptors (Lipinski definition) is 5. The second kappa shape index (κ2) is 6.83. The van der Waals surface area contributed by atoms with Crippen molar-refractivity contribution >= 4 is 5.82 Å². The third kappa shape index (κ3) is 3.12. The Labute approximate surface area is 141 Å². The zero-order chi connectivity index (χ0) is 16.4. The molecule has 2 N–H and O–H groups in total. The second-order valence-electron chi connectivity index (χ2n) is 6.60. The molecule has 3 heterocycles. The van der Waals surface area contributed by atoms with Crippen molar-refractivity contribution in [3.63, 3.8) is 0 Å². The molecule has 0 aliphatic carbocycles. The molecule has 0 radical (unpaired) electrons. The molecule has 0 amide bonds. The summed E-state index contributed by atoms with van der Waals surface area (Å²) in [5.74, 6) is 1.68. The number of nitrogens with zero attached hydrogens (tertiary/aromatic N) is 3. The third-order valence-electron chi connectivity index (χ3n) is 5.22. The highest BCUT2D eigenvalue weighted by Crippen LogP contribution is 2.33. The fourth-order valence-corrected chi connectivity index (χ4v) is 3.97. The normalized spacial score (nSPS) is 25.1. The summed E-state index contributed by atoms with van der Waals surface area (Å²) < 4.78 is 13.6. The molecule has 126 valence electrons. The van der Waals surface area contributed by atoms with Gasteiger partial charge in [-0.1, -0.05) is 12.1 Å². The van der Waals surface area contributed by atoms with E-state index in [9.17, 15) is 4.39 Å². The summed E-state index contributed by atoms with van der Waals surface area (Å²) >= 11 is 0. The van der Waals surface area contributed by atoms with Crippen LogP contribution in [0.25, 0.3) is 0 Å². The average molecular weight is 327 g/mol. The Kier molecular flexibility index (Phi) is 4.40. The Morgan fingerprint density at radius 1 is 1.17 bits per heavy atom. The van der Waals surface area contributed by atoms with E-state index in [0.29, 0.717) is 17.9 Å². The van der Waals surface area contributed by atoms with E-state index in [-0.39, 0.29) is 5.82 Å². The van der Waals surface area contributed by atoms with Gasteiger partial charge in [0.1, 0.15) is 11.6 Å². The molecule has 2 atom stereocenters. The number of anilines is 1. The highest BCUT2D eigenvalue weighted by atomic mass is 19.1. The largest absolute Gasteiger partial charge is 0.355 e. The van der Waals surface area contributed by atoms with Gasteiger partial charge >= 0.3 is 0 Å². The number of rotatable bonds is 3. The molecule has 4 rings (SSSR count). The molecule has 2 saturated heterocycles. The summed E-state index contributed by atoms with van der Waals surface area (Å²) in [5.41, 5.74) is 7.78. The standard InChI is InChI=1S/C18H22FN5/c19-15-3-1-2-14(10-15)16-11-22-23-18(16)13-4-8-24(9-5-13)17-12-20-6-7-21-17/h1-3,6-7,10,12-13,16,18,22-23H,4-5,8-9,11H2. The van der Waals surface area contributed by atoms with E-state index in [1.165, 1.54) is 6.07 Å². The van der Waals surface area contributed by atoms with Crippen molar-refractivity contribution in [1.29, 1.82) is 0 Å². The van der Waals surface area contributed by atoms with Gasteiger partial charge in [0.25, 0.3) is 0 Å². The number of hydrogen-bond donors (Lipinski definition) is 2. The molecule has 2 aliphatic heterocycles. The van der Waals surface area contributed by atoms with E-state index in [1.807, 2.05) is 12.3 Å². The lowest BCUT2D eigenvalue weighted by Crippen LogP contribution is -2.44. The Morgan fingerprint density at radius 2 is 2.04 bits per heavy atom. The Hall–Kier alpha value is -2.05. The molecule has 1 aromatic carbocycles. The van der Waals surface area contributed by atoms with E-state index >= 15 is 0 Å². The number of benzene rings is 1. The molecule has 2 aliphatic rings. The maximum absolute atomic E-state index is 13.6. The highest BCUT2D eigenvalue weighted by molar-refractivity contribution is 5.35. The van der Waals surface area contributed by atoms with Crippen LogP contribution in [0.15, 0.2) is 42.9 Å². The van der Waals surface area contributed by atoms with E-state index < -0.39 is 0 Å². The fraction of sp³-hybridized carbons (Fsp3) is 0.444. The summed E-state index contributed by atoms with van der Waals surface area (Å²) in [6, 6.07) is 7.35. The fourth-order valence-electron chi connectivity index (χ4n) is 3.97. The maximum Gasteiger partial charge on any atom is 0.147 e. The van der Waals surface area contributed by atoms with Crippen LogP contribution >= 0.6 is 0 Å². The van der Waals surface area contributed by atoms with Crippen molar-refractivity contribution in [3.8, 4) is 0 Å². The van der Waals surface area contributed by atoms with Crippen molar-refractivity contribution in [2.45, 2.75) is 24.8 Å². The van der Waals surface area contributed by atoms with E-state index in [2.05, 4.69) is 25.7 Å². The first-order valence-electron chi connectivity index (χ1n) is 8.56. The van der Waals surface area contributed by atoms with Crippen LogP contribution in [-0.2, 0) is 0 Å². The zero-order valence-corrected chi connectivity index (χ0v) is 13.5. The molecule has 2 fully saturated rings. The van der Waals surface area contributed by atoms with Crippen LogP contribution in [0.3, 0.4) is 0 Å². The minimum atomic E-state index is -0.157. The maximum atomic E-state index is 13.6. The van der Waals surface area contributed by atoms with Gasteiger partial charge in [0.05, 0.1) is 6.20 Å². The quantitative estimate of drug-likeness (QED) is 0.904. The number of aromatic nitrogens is 2. The van der Waals surface area contributed by atoms with Crippen LogP contribution in [-0.4, -0.2) is 35.6 Å². The number of piperidine rings is 1. The van der Waals surface area contributed by atoms with Crippen molar-refractivity contribution in [2.75, 3.05) is 24.5 Å². The van der Waals surface area contributed by atoms with Crippen LogP contribution in [0.4, 0.5) is 10.2 Å². The minimum absolute atomic E-state index is 0.157. The SMILES string of the molecule is Fc1cccc(C2CNNC2C2CCN(c3cnccn3)CC2)c1. The summed E-state index contributed by atoms with van der Waals surface area (Å²) in [6.07, 6.45) is 7.46. The first-order valence-corrected chi connectivity index (χ1v) is 8.56. The molecule has 6 heteroatoms. The van der Waals surface area contributed by atoms with Gasteiger partial charge in [0.2, 0.25) is 0 Å². The van der Waals surface area contributed by atoms with Gasteiger partial charge in [0.15, 0.2) is 0 Å². The highest BCUT2D eigenvalue weighted by Gasteiger charge is 2.36. The van der Waals surface area contributed by atoms with Crippen LogP contribution in [0.5, 0.6) is 0 Å². The van der Waals surface area contributed by atoms with Crippen molar-refractivity contribution in [2.24, 2.45) is 5.92 Å². The van der Waals surface area contributed by atoms with Gasteiger partial charge in [0, 0.05) is 44.0 Å². The molecule has 1 aromatic heterocycles. The van der Waals surface area contributed by atoms with Crippen molar-refractivity contribution < 1.29 is 4.39 Å². The van der Waals surface area contributed by atoms with E-state index in [1.54, 1.807) is 24.5 Å². The van der Waals surface area contributed by atoms with Gasteiger partial charge in [-0.15, -0.1) is 0 Å². The Balaban J connectivity index is 1.43. The van der Waals surface area contributed by atoms with Crippen molar-refractivity contribution in [1.82, 2.24) is 20.8 Å². The molecule has 0 spiro atoms. The van der Waals surface area contributed by atoms with Crippen LogP contribution in [0.1, 0.15) is 24.3 Å². The summed E-state index contributed by atoms with van der Waals surface area (Å²) in [7, 11) is 0. The van der Waals surface area contributed by atoms with E-state index in [0.717, 1.165) is 43.9 Å². The molecule has 0 bridgehead atoms. The summed E-state index contributed by atoms with van der Waals surface area (Å²) in [6.45, 7) is 2.81. The monoisotopic (exact) mass is 327 g/mol. The number of halogens is 1. The predicted molar refractivity (Wildman–Crippen MR) is 91.0 cm³/mol. The molecule has 2 aromatic rings. The lowest BCUT2D eigenvalue weighted by Gasteiger charge is -2.37. The third-order valence-corrected chi connectivity index (χ3v) is 5.22. The number of nitrogens with one attached hydrogen (secondary N) is 2. The topological polar surface area (TPSA) is 53.1 Å². The predicted octanol–water partition coefficient (Wildman–Crippen LogP) is 2.09. The van der Waals surface area contributed by atoms with E-state index in [4.69, 9.17) is 0 Å². The molecular weight excluding hydrogens is 305 g/mol. The molecule has 0 saturated carbocycles. The van der Waals surface area contributed by atoms with Gasteiger partial charge in [-0.05, 0) is 36.5 Å². The Morgan fingerprint density at radius 3 is 2.79 bits per heavy atom. The molecular formula is C18H22FN5. The first kappa shape index (κ1) is 15.5. The summed E-state index contributed by atoms with van der Waals surface area (Å²) in [5, 5.41) is 0. The van der Waals surface area contributed by atoms with Crippen molar-refractivity contribution in [3.05, 3.63) is 54.2 Å². The van der Waals surface area contributed by atoms with Gasteiger partial charge in [-0.25, -0.2) is 9.37 Å².